The predicted octanol–water partition coefficient (Wildman–Crippen LogP) is 3.75. The third-order valence-corrected chi connectivity index (χ3v) is 2.07. The maximum absolute atomic E-state index is 3.86. The van der Waals surface area contributed by atoms with Gasteiger partial charge in [0.15, 0.2) is 0 Å². The van der Waals surface area contributed by atoms with Crippen LogP contribution < -0.4 is 0 Å². The molecular formula is C13H23N. The number of nitrogens with zero attached hydrogens (tertiary/aromatic N) is 1. The zero-order valence-corrected chi connectivity index (χ0v) is 9.84. The van der Waals surface area contributed by atoms with Gasteiger partial charge in [0.05, 0.1) is 0 Å². The summed E-state index contributed by atoms with van der Waals surface area (Å²) in [7, 11) is 0. The molecule has 0 spiro atoms. The first-order valence-electron chi connectivity index (χ1n) is 5.48. The van der Waals surface area contributed by atoms with E-state index < -0.39 is 0 Å². The molecule has 0 aromatic rings. The van der Waals surface area contributed by atoms with Crippen molar-refractivity contribution in [3.05, 3.63) is 36.6 Å². The molecule has 0 atom stereocenters. The molecule has 1 nitrogen and oxygen atoms in total. The highest BCUT2D eigenvalue weighted by molar-refractivity contribution is 5.25. The van der Waals surface area contributed by atoms with Crippen LogP contribution in [0.25, 0.3) is 0 Å². The van der Waals surface area contributed by atoms with Crippen LogP contribution in [-0.2, 0) is 0 Å². The Morgan fingerprint density at radius 2 is 1.71 bits per heavy atom. The zero-order valence-electron chi connectivity index (χ0n) is 9.84. The van der Waals surface area contributed by atoms with Crippen molar-refractivity contribution in [1.82, 2.24) is 4.90 Å². The van der Waals surface area contributed by atoms with Crippen molar-refractivity contribution in [3.63, 3.8) is 0 Å². The topological polar surface area (TPSA) is 3.24 Å². The third kappa shape index (κ3) is 4.31. The summed E-state index contributed by atoms with van der Waals surface area (Å²) in [5.41, 5.74) is 2.32. The highest BCUT2D eigenvalue weighted by atomic mass is 15.1. The molecule has 1 fully saturated rings. The van der Waals surface area contributed by atoms with Crippen LogP contribution in [0.2, 0.25) is 0 Å². The van der Waals surface area contributed by atoms with E-state index in [-0.39, 0.29) is 0 Å². The van der Waals surface area contributed by atoms with Gasteiger partial charge in [0.1, 0.15) is 0 Å². The molecule has 0 N–H and O–H groups in total. The van der Waals surface area contributed by atoms with E-state index >= 15 is 0 Å². The predicted molar refractivity (Wildman–Crippen MR) is 65.2 cm³/mol. The maximum atomic E-state index is 3.86. The van der Waals surface area contributed by atoms with E-state index in [1.807, 2.05) is 26.8 Å². The number of allylic oxidation sites excluding steroid dienone is 3. The molecule has 0 bridgehead atoms. The second kappa shape index (κ2) is 7.43. The minimum absolute atomic E-state index is 1.09. The summed E-state index contributed by atoms with van der Waals surface area (Å²) in [5.74, 6) is 0. The van der Waals surface area contributed by atoms with Crippen LogP contribution in [0.4, 0.5) is 0 Å². The summed E-state index contributed by atoms with van der Waals surface area (Å²) in [5, 5.41) is 0. The van der Waals surface area contributed by atoms with Gasteiger partial charge in [0, 0.05) is 18.8 Å². The molecule has 0 saturated carbocycles. The van der Waals surface area contributed by atoms with Gasteiger partial charge < -0.3 is 4.90 Å². The molecule has 0 aromatic carbocycles. The quantitative estimate of drug-likeness (QED) is 0.617. The first-order chi connectivity index (χ1) is 6.74. The number of rotatable bonds is 3. The molecule has 1 aliphatic rings. The number of likely N-dealkylation sites (tertiary alicyclic amines) is 1. The summed E-state index contributed by atoms with van der Waals surface area (Å²) in [6, 6.07) is 0. The van der Waals surface area contributed by atoms with Crippen LogP contribution in [0.3, 0.4) is 0 Å². The molecule has 14 heavy (non-hydrogen) atoms. The molecule has 0 amide bonds. The molecule has 1 saturated heterocycles. The Morgan fingerprint density at radius 1 is 1.21 bits per heavy atom. The summed E-state index contributed by atoms with van der Waals surface area (Å²) in [4.78, 5) is 2.36. The van der Waals surface area contributed by atoms with Crippen molar-refractivity contribution in [2.45, 2.75) is 33.6 Å². The Labute approximate surface area is 88.8 Å². The molecule has 0 aromatic heterocycles. The van der Waals surface area contributed by atoms with Crippen molar-refractivity contribution in [1.29, 1.82) is 0 Å². The van der Waals surface area contributed by atoms with Crippen LogP contribution in [0.1, 0.15) is 33.6 Å². The lowest BCUT2D eigenvalue weighted by Gasteiger charge is -2.18. The van der Waals surface area contributed by atoms with Gasteiger partial charge in [-0.05, 0) is 31.9 Å². The molecular weight excluding hydrogens is 170 g/mol. The van der Waals surface area contributed by atoms with Crippen LogP contribution in [0.5, 0.6) is 0 Å². The summed E-state index contributed by atoms with van der Waals surface area (Å²) in [6.45, 7) is 16.0. The SMILES string of the molecule is C=C/C(=C\C(=C)C)N1CCCC1.CC. The molecule has 1 heterocycles. The molecule has 1 aliphatic heterocycles. The molecule has 0 unspecified atom stereocenters. The van der Waals surface area contributed by atoms with Gasteiger partial charge in [-0.2, -0.15) is 0 Å². The first-order valence-corrected chi connectivity index (χ1v) is 5.48. The summed E-state index contributed by atoms with van der Waals surface area (Å²) in [6.07, 6.45) is 6.63. The van der Waals surface area contributed by atoms with Crippen molar-refractivity contribution in [3.8, 4) is 0 Å². The second-order valence-corrected chi connectivity index (χ2v) is 3.31. The fourth-order valence-electron chi connectivity index (χ4n) is 1.51. The van der Waals surface area contributed by atoms with E-state index in [9.17, 15) is 0 Å². The van der Waals surface area contributed by atoms with E-state index in [1.165, 1.54) is 31.6 Å². The summed E-state index contributed by atoms with van der Waals surface area (Å²) < 4.78 is 0. The van der Waals surface area contributed by atoms with E-state index in [0.717, 1.165) is 5.57 Å². The molecule has 1 rings (SSSR count). The standard InChI is InChI=1S/C11H17N.C2H6/c1-4-11(9-10(2)3)12-7-5-6-8-12;1-2/h4,9H,1-2,5-8H2,3H3;1-2H3/b11-9+;. The van der Waals surface area contributed by atoms with Crippen LogP contribution in [-0.4, -0.2) is 18.0 Å². The van der Waals surface area contributed by atoms with E-state index in [2.05, 4.69) is 24.1 Å². The zero-order chi connectivity index (χ0) is 11.0. The monoisotopic (exact) mass is 193 g/mol. The lowest BCUT2D eigenvalue weighted by Crippen LogP contribution is -2.16. The molecule has 0 aliphatic carbocycles. The van der Waals surface area contributed by atoms with Gasteiger partial charge in [0.25, 0.3) is 0 Å². The fourth-order valence-corrected chi connectivity index (χ4v) is 1.51. The number of hydrogen-bond acceptors (Lipinski definition) is 1. The Kier molecular flexibility index (Phi) is 6.91. The van der Waals surface area contributed by atoms with Crippen LogP contribution in [0.15, 0.2) is 36.6 Å². The fraction of sp³-hybridized carbons (Fsp3) is 0.538. The average molecular weight is 193 g/mol. The molecule has 0 radical (unpaired) electrons. The minimum Gasteiger partial charge on any atom is -0.372 e. The largest absolute Gasteiger partial charge is 0.372 e. The van der Waals surface area contributed by atoms with Gasteiger partial charge in [-0.3, -0.25) is 0 Å². The van der Waals surface area contributed by atoms with E-state index in [0.29, 0.717) is 0 Å². The van der Waals surface area contributed by atoms with Crippen molar-refractivity contribution in [2.24, 2.45) is 0 Å². The Balaban J connectivity index is 0.000000791. The third-order valence-electron chi connectivity index (χ3n) is 2.07. The van der Waals surface area contributed by atoms with Gasteiger partial charge >= 0.3 is 0 Å². The Hall–Kier alpha value is -0.980. The second-order valence-electron chi connectivity index (χ2n) is 3.31. The number of hydrogen-bond donors (Lipinski definition) is 0. The highest BCUT2D eigenvalue weighted by Gasteiger charge is 2.11. The normalized spacial score (nSPS) is 15.9. The summed E-state index contributed by atoms with van der Waals surface area (Å²) >= 11 is 0. The van der Waals surface area contributed by atoms with Gasteiger partial charge in [-0.15, -0.1) is 0 Å². The van der Waals surface area contributed by atoms with E-state index in [1.54, 1.807) is 0 Å². The first kappa shape index (κ1) is 13.0. The van der Waals surface area contributed by atoms with Gasteiger partial charge in [0.2, 0.25) is 0 Å². The Morgan fingerprint density at radius 3 is 2.07 bits per heavy atom. The Bertz CT molecular complexity index is 207. The molecule has 80 valence electrons. The van der Waals surface area contributed by atoms with Crippen LogP contribution >= 0.6 is 0 Å². The maximum Gasteiger partial charge on any atom is 0.0362 e. The van der Waals surface area contributed by atoms with Crippen molar-refractivity contribution < 1.29 is 0 Å². The minimum atomic E-state index is 1.09. The lowest BCUT2D eigenvalue weighted by molar-refractivity contribution is 0.440. The highest BCUT2D eigenvalue weighted by Crippen LogP contribution is 2.16. The van der Waals surface area contributed by atoms with Crippen molar-refractivity contribution in [2.75, 3.05) is 13.1 Å². The lowest BCUT2D eigenvalue weighted by atomic mass is 10.2. The average Bonchev–Trinajstić information content (AvgIpc) is 2.70. The van der Waals surface area contributed by atoms with Crippen LogP contribution in [0, 0.1) is 0 Å². The van der Waals surface area contributed by atoms with Gasteiger partial charge in [-0.1, -0.05) is 32.6 Å². The van der Waals surface area contributed by atoms with E-state index in [4.69, 9.17) is 0 Å². The van der Waals surface area contributed by atoms with Gasteiger partial charge in [-0.25, -0.2) is 0 Å². The van der Waals surface area contributed by atoms with Crippen molar-refractivity contribution >= 4 is 0 Å². The molecule has 1 heteroatoms. The smallest absolute Gasteiger partial charge is 0.0362 e.